The number of nitriles is 1. The summed E-state index contributed by atoms with van der Waals surface area (Å²) in [5, 5.41) is 18.6. The van der Waals surface area contributed by atoms with E-state index >= 15 is 0 Å². The first kappa shape index (κ1) is 11.4. The zero-order valence-corrected chi connectivity index (χ0v) is 8.68. The molecule has 0 radical (unpaired) electrons. The highest BCUT2D eigenvalue weighted by molar-refractivity contribution is 5.04. The van der Waals surface area contributed by atoms with Crippen molar-refractivity contribution in [3.8, 4) is 6.07 Å². The predicted octanol–water partition coefficient (Wildman–Crippen LogP) is 2.33. The van der Waals surface area contributed by atoms with Gasteiger partial charge in [-0.05, 0) is 20.3 Å². The molecule has 0 fully saturated rings. The number of nitrogens with zero attached hydrogens (tertiary/aromatic N) is 1. The summed E-state index contributed by atoms with van der Waals surface area (Å²) < 4.78 is 0. The van der Waals surface area contributed by atoms with Gasteiger partial charge in [0.15, 0.2) is 0 Å². The molecule has 0 aliphatic rings. The highest BCUT2D eigenvalue weighted by atomic mass is 16.3. The first-order valence-corrected chi connectivity index (χ1v) is 4.39. The Kier molecular flexibility index (Phi) is 3.29. The fourth-order valence-corrected chi connectivity index (χ4v) is 1.07. The Morgan fingerprint density at radius 2 is 1.75 bits per heavy atom. The zero-order chi connectivity index (χ0) is 9.99. The van der Waals surface area contributed by atoms with Crippen LogP contribution in [0.15, 0.2) is 0 Å². The summed E-state index contributed by atoms with van der Waals surface area (Å²) in [5.41, 5.74) is -0.834. The Bertz CT molecular complexity index is 189. The Labute approximate surface area is 75.2 Å². The van der Waals surface area contributed by atoms with Gasteiger partial charge in [-0.3, -0.25) is 0 Å². The molecule has 2 heteroatoms. The van der Waals surface area contributed by atoms with E-state index in [4.69, 9.17) is 5.26 Å². The van der Waals surface area contributed by atoms with Crippen LogP contribution in [0, 0.1) is 22.2 Å². The third-order valence-electron chi connectivity index (χ3n) is 3.11. The van der Waals surface area contributed by atoms with Crippen molar-refractivity contribution in [1.29, 1.82) is 5.26 Å². The van der Waals surface area contributed by atoms with Crippen molar-refractivity contribution in [2.45, 2.75) is 47.1 Å². The summed E-state index contributed by atoms with van der Waals surface area (Å²) in [4.78, 5) is 0. The van der Waals surface area contributed by atoms with Gasteiger partial charge < -0.3 is 5.11 Å². The molecule has 0 aromatic rings. The standard InChI is InChI=1S/C10H19NO/c1-6-8(12)10(4,5)9(2,3)7-11/h8,12H,6H2,1-5H3. The predicted molar refractivity (Wildman–Crippen MR) is 49.5 cm³/mol. The van der Waals surface area contributed by atoms with Crippen molar-refractivity contribution in [3.05, 3.63) is 0 Å². The van der Waals surface area contributed by atoms with Gasteiger partial charge in [-0.15, -0.1) is 0 Å². The van der Waals surface area contributed by atoms with E-state index in [0.29, 0.717) is 6.42 Å². The smallest absolute Gasteiger partial charge is 0.0690 e. The van der Waals surface area contributed by atoms with Crippen LogP contribution in [0.2, 0.25) is 0 Å². The molecule has 12 heavy (non-hydrogen) atoms. The van der Waals surface area contributed by atoms with Crippen molar-refractivity contribution in [3.63, 3.8) is 0 Å². The van der Waals surface area contributed by atoms with Crippen LogP contribution in [0.1, 0.15) is 41.0 Å². The average molecular weight is 169 g/mol. The summed E-state index contributed by atoms with van der Waals surface area (Å²) in [6.07, 6.45) is 0.283. The van der Waals surface area contributed by atoms with Crippen LogP contribution in [0.25, 0.3) is 0 Å². The second kappa shape index (κ2) is 3.45. The largest absolute Gasteiger partial charge is 0.393 e. The van der Waals surface area contributed by atoms with Gasteiger partial charge in [-0.25, -0.2) is 0 Å². The molecule has 0 aromatic heterocycles. The first-order chi connectivity index (χ1) is 5.29. The normalized spacial score (nSPS) is 15.4. The summed E-state index contributed by atoms with van der Waals surface area (Å²) in [7, 11) is 0. The highest BCUT2D eigenvalue weighted by Crippen LogP contribution is 2.41. The molecule has 0 rings (SSSR count). The third-order valence-corrected chi connectivity index (χ3v) is 3.11. The van der Waals surface area contributed by atoms with Gasteiger partial charge in [0.25, 0.3) is 0 Å². The second-order valence-electron chi connectivity index (χ2n) is 4.38. The maximum Gasteiger partial charge on any atom is 0.0690 e. The average Bonchev–Trinajstić information content (AvgIpc) is 2.02. The minimum Gasteiger partial charge on any atom is -0.393 e. The molecule has 0 amide bonds. The van der Waals surface area contributed by atoms with Crippen LogP contribution < -0.4 is 0 Å². The first-order valence-electron chi connectivity index (χ1n) is 4.39. The summed E-state index contributed by atoms with van der Waals surface area (Å²) in [6.45, 7) is 9.53. The zero-order valence-electron chi connectivity index (χ0n) is 8.68. The molecule has 0 heterocycles. The van der Waals surface area contributed by atoms with Gasteiger partial charge >= 0.3 is 0 Å². The maximum atomic E-state index is 9.70. The quantitative estimate of drug-likeness (QED) is 0.704. The second-order valence-corrected chi connectivity index (χ2v) is 4.38. The Morgan fingerprint density at radius 3 is 2.00 bits per heavy atom. The molecule has 0 saturated carbocycles. The number of aliphatic hydroxyl groups excluding tert-OH is 1. The Balaban J connectivity index is 4.74. The molecule has 1 N–H and O–H groups in total. The lowest BCUT2D eigenvalue weighted by atomic mass is 9.65. The van der Waals surface area contributed by atoms with Crippen LogP contribution in [0.3, 0.4) is 0 Å². The lowest BCUT2D eigenvalue weighted by Gasteiger charge is -2.39. The maximum absolute atomic E-state index is 9.70. The van der Waals surface area contributed by atoms with E-state index in [9.17, 15) is 5.11 Å². The van der Waals surface area contributed by atoms with Gasteiger partial charge in [-0.1, -0.05) is 20.8 Å². The molecule has 70 valence electrons. The molecule has 0 saturated heterocycles. The highest BCUT2D eigenvalue weighted by Gasteiger charge is 2.41. The summed E-state index contributed by atoms with van der Waals surface area (Å²) in [6, 6.07) is 2.24. The van der Waals surface area contributed by atoms with E-state index in [1.165, 1.54) is 0 Å². The topological polar surface area (TPSA) is 44.0 Å². The van der Waals surface area contributed by atoms with Crippen LogP contribution in [0.4, 0.5) is 0 Å². The fourth-order valence-electron chi connectivity index (χ4n) is 1.07. The SMILES string of the molecule is CCC(O)C(C)(C)C(C)(C)C#N. The Hall–Kier alpha value is -0.550. The van der Waals surface area contributed by atoms with Crippen molar-refractivity contribution < 1.29 is 5.11 Å². The van der Waals surface area contributed by atoms with Gasteiger partial charge in [0.05, 0.1) is 17.6 Å². The minimum atomic E-state index is -0.484. The van der Waals surface area contributed by atoms with Crippen molar-refractivity contribution in [2.24, 2.45) is 10.8 Å². The molecular formula is C10H19NO. The Morgan fingerprint density at radius 1 is 1.33 bits per heavy atom. The summed E-state index contributed by atoms with van der Waals surface area (Å²) >= 11 is 0. The van der Waals surface area contributed by atoms with Gasteiger partial charge in [0.2, 0.25) is 0 Å². The summed E-state index contributed by atoms with van der Waals surface area (Å²) in [5.74, 6) is 0. The number of rotatable bonds is 3. The van der Waals surface area contributed by atoms with E-state index in [1.807, 2.05) is 34.6 Å². The molecule has 0 aliphatic carbocycles. The van der Waals surface area contributed by atoms with E-state index in [2.05, 4.69) is 6.07 Å². The van der Waals surface area contributed by atoms with Crippen LogP contribution >= 0.6 is 0 Å². The lowest BCUT2D eigenvalue weighted by molar-refractivity contribution is -0.0121. The number of aliphatic hydroxyl groups is 1. The van der Waals surface area contributed by atoms with Crippen molar-refractivity contribution in [1.82, 2.24) is 0 Å². The molecule has 0 spiro atoms. The molecule has 0 bridgehead atoms. The van der Waals surface area contributed by atoms with Crippen LogP contribution in [-0.2, 0) is 0 Å². The van der Waals surface area contributed by atoms with E-state index in [-0.39, 0.29) is 5.41 Å². The molecule has 1 unspecified atom stereocenters. The molecule has 1 atom stereocenters. The van der Waals surface area contributed by atoms with Crippen LogP contribution in [-0.4, -0.2) is 11.2 Å². The van der Waals surface area contributed by atoms with E-state index in [1.54, 1.807) is 0 Å². The molecule has 0 aromatic carbocycles. The molecule has 2 nitrogen and oxygen atoms in total. The molecule has 0 aliphatic heterocycles. The minimum absolute atomic E-state index is 0.351. The van der Waals surface area contributed by atoms with Crippen LogP contribution in [0.5, 0.6) is 0 Å². The number of hydrogen-bond acceptors (Lipinski definition) is 2. The molecular weight excluding hydrogens is 150 g/mol. The van der Waals surface area contributed by atoms with Gasteiger partial charge in [0, 0.05) is 5.41 Å². The van der Waals surface area contributed by atoms with Crippen molar-refractivity contribution >= 4 is 0 Å². The van der Waals surface area contributed by atoms with E-state index in [0.717, 1.165) is 0 Å². The van der Waals surface area contributed by atoms with Gasteiger partial charge in [-0.2, -0.15) is 5.26 Å². The number of hydrogen-bond donors (Lipinski definition) is 1. The lowest BCUT2D eigenvalue weighted by Crippen LogP contribution is -2.41. The monoisotopic (exact) mass is 169 g/mol. The van der Waals surface area contributed by atoms with Gasteiger partial charge in [0.1, 0.15) is 0 Å². The fraction of sp³-hybridized carbons (Fsp3) is 0.900. The van der Waals surface area contributed by atoms with E-state index < -0.39 is 11.5 Å². The third kappa shape index (κ3) is 1.78. The van der Waals surface area contributed by atoms with Crippen molar-refractivity contribution in [2.75, 3.05) is 0 Å².